The number of carbonyl (C=O) groups is 3. The van der Waals surface area contributed by atoms with Gasteiger partial charge in [-0.05, 0) is 49.7 Å². The van der Waals surface area contributed by atoms with Crippen LogP contribution in [0.15, 0.2) is 36.4 Å². The highest BCUT2D eigenvalue weighted by atomic mass is 19.1. The van der Waals surface area contributed by atoms with E-state index in [1.165, 1.54) is 17.9 Å². The van der Waals surface area contributed by atoms with Gasteiger partial charge >= 0.3 is 6.03 Å². The van der Waals surface area contributed by atoms with E-state index in [-0.39, 0.29) is 25.2 Å². The molecule has 1 N–H and O–H groups in total. The van der Waals surface area contributed by atoms with Crippen LogP contribution in [-0.2, 0) is 10.3 Å². The standard InChI is InChI=1S/C24H25FN4O5/c1-15(30)16-3-5-19(18(25)11-16)28-9-7-27(8-10-28)13-29-22(31)24(2,26-23(29)32)17-4-6-20-21(12-17)34-14-33-20/h3-6,11-12H,7-10,13-14H2,1-2H3,(H,26,32)/t24-/m0/s1. The van der Waals surface area contributed by atoms with Gasteiger partial charge in [0.2, 0.25) is 6.79 Å². The van der Waals surface area contributed by atoms with Gasteiger partial charge in [0.25, 0.3) is 5.91 Å². The monoisotopic (exact) mass is 468 g/mol. The van der Waals surface area contributed by atoms with Gasteiger partial charge in [0.05, 0.1) is 12.4 Å². The van der Waals surface area contributed by atoms with Crippen molar-refractivity contribution in [3.8, 4) is 11.5 Å². The first-order valence-electron chi connectivity index (χ1n) is 11.1. The molecule has 0 radical (unpaired) electrons. The molecule has 2 saturated heterocycles. The van der Waals surface area contributed by atoms with Crippen molar-refractivity contribution >= 4 is 23.4 Å². The van der Waals surface area contributed by atoms with E-state index in [9.17, 15) is 18.8 Å². The van der Waals surface area contributed by atoms with Crippen LogP contribution in [0.4, 0.5) is 14.9 Å². The molecule has 0 aromatic heterocycles. The summed E-state index contributed by atoms with van der Waals surface area (Å²) in [6.07, 6.45) is 0. The lowest BCUT2D eigenvalue weighted by Gasteiger charge is -2.37. The Bertz CT molecular complexity index is 1180. The summed E-state index contributed by atoms with van der Waals surface area (Å²) >= 11 is 0. The summed E-state index contributed by atoms with van der Waals surface area (Å²) in [5.74, 6) is 0.182. The molecule has 0 aliphatic carbocycles. The van der Waals surface area contributed by atoms with Gasteiger partial charge in [-0.2, -0.15) is 0 Å². The second-order valence-electron chi connectivity index (χ2n) is 8.83. The van der Waals surface area contributed by atoms with Crippen LogP contribution in [0.3, 0.4) is 0 Å². The third-order valence-electron chi connectivity index (χ3n) is 6.63. The van der Waals surface area contributed by atoms with Gasteiger partial charge in [-0.3, -0.25) is 14.5 Å². The highest BCUT2D eigenvalue weighted by molar-refractivity contribution is 6.07. The van der Waals surface area contributed by atoms with Crippen LogP contribution < -0.4 is 19.7 Å². The van der Waals surface area contributed by atoms with Crippen LogP contribution in [0.25, 0.3) is 0 Å². The fourth-order valence-electron chi connectivity index (χ4n) is 4.54. The Hall–Kier alpha value is -3.66. The molecule has 3 aliphatic rings. The lowest BCUT2D eigenvalue weighted by atomic mass is 9.92. The Morgan fingerprint density at radius 3 is 2.50 bits per heavy atom. The molecule has 1 atom stereocenters. The average molecular weight is 468 g/mol. The van der Waals surface area contributed by atoms with Crippen molar-refractivity contribution < 1.29 is 28.2 Å². The minimum absolute atomic E-state index is 0.124. The summed E-state index contributed by atoms with van der Waals surface area (Å²) in [6.45, 7) is 5.50. The zero-order chi connectivity index (χ0) is 24.0. The first-order valence-corrected chi connectivity index (χ1v) is 11.1. The normalized spacial score (nSPS) is 22.3. The number of carbonyl (C=O) groups excluding carboxylic acids is 3. The predicted octanol–water partition coefficient (Wildman–Crippen LogP) is 2.30. The number of halogens is 1. The summed E-state index contributed by atoms with van der Waals surface area (Å²) in [6, 6.07) is 9.24. The number of nitrogens with one attached hydrogen (secondary N) is 1. The minimum atomic E-state index is -1.21. The first-order chi connectivity index (χ1) is 16.3. The number of rotatable bonds is 5. The Balaban J connectivity index is 1.24. The van der Waals surface area contributed by atoms with Crippen molar-refractivity contribution in [2.45, 2.75) is 19.4 Å². The molecule has 9 nitrogen and oxygen atoms in total. The molecule has 2 fully saturated rings. The summed E-state index contributed by atoms with van der Waals surface area (Å²) in [4.78, 5) is 42.6. The molecule has 0 unspecified atom stereocenters. The quantitative estimate of drug-likeness (QED) is 0.532. The number of benzene rings is 2. The fraction of sp³-hybridized carbons (Fsp3) is 0.375. The second kappa shape index (κ2) is 8.28. The topological polar surface area (TPSA) is 91.4 Å². The van der Waals surface area contributed by atoms with Gasteiger partial charge in [-0.1, -0.05) is 6.07 Å². The molecule has 34 heavy (non-hydrogen) atoms. The number of piperazine rings is 1. The fourth-order valence-corrected chi connectivity index (χ4v) is 4.54. The Morgan fingerprint density at radius 2 is 1.79 bits per heavy atom. The third-order valence-corrected chi connectivity index (χ3v) is 6.63. The van der Waals surface area contributed by atoms with Gasteiger partial charge in [0.15, 0.2) is 17.3 Å². The van der Waals surface area contributed by atoms with E-state index in [0.29, 0.717) is 54.5 Å². The van der Waals surface area contributed by atoms with Gasteiger partial charge in [-0.25, -0.2) is 14.1 Å². The number of imide groups is 1. The number of hydrogen-bond donors (Lipinski definition) is 1. The number of anilines is 1. The Morgan fingerprint density at radius 1 is 1.06 bits per heavy atom. The van der Waals surface area contributed by atoms with Crippen molar-refractivity contribution in [2.24, 2.45) is 0 Å². The molecule has 0 saturated carbocycles. The predicted molar refractivity (Wildman–Crippen MR) is 120 cm³/mol. The molecule has 2 aromatic carbocycles. The van der Waals surface area contributed by atoms with Gasteiger partial charge in [0.1, 0.15) is 11.4 Å². The molecular formula is C24H25FN4O5. The second-order valence-corrected chi connectivity index (χ2v) is 8.83. The summed E-state index contributed by atoms with van der Waals surface area (Å²) in [5, 5.41) is 2.81. The number of fused-ring (bicyclic) bond motifs is 1. The molecule has 10 heteroatoms. The molecule has 3 amide bonds. The average Bonchev–Trinajstić information content (AvgIpc) is 3.38. The van der Waals surface area contributed by atoms with E-state index in [1.54, 1.807) is 37.3 Å². The number of amides is 3. The van der Waals surface area contributed by atoms with E-state index < -0.39 is 17.4 Å². The van der Waals surface area contributed by atoms with E-state index >= 15 is 0 Å². The van der Waals surface area contributed by atoms with E-state index in [2.05, 4.69) is 5.32 Å². The van der Waals surface area contributed by atoms with E-state index in [0.717, 1.165) is 0 Å². The number of Topliss-reactive ketones (excluding diaryl/α,β-unsaturated/α-hetero) is 1. The van der Waals surface area contributed by atoms with Crippen LogP contribution in [0.2, 0.25) is 0 Å². The highest BCUT2D eigenvalue weighted by Crippen LogP contribution is 2.38. The molecule has 0 bridgehead atoms. The molecule has 2 aromatic rings. The third kappa shape index (κ3) is 3.73. The van der Waals surface area contributed by atoms with Crippen molar-refractivity contribution in [3.05, 3.63) is 53.3 Å². The van der Waals surface area contributed by atoms with Crippen molar-refractivity contribution in [1.82, 2.24) is 15.1 Å². The van der Waals surface area contributed by atoms with Crippen molar-refractivity contribution in [2.75, 3.05) is 44.5 Å². The lowest BCUT2D eigenvalue weighted by Crippen LogP contribution is -2.51. The minimum Gasteiger partial charge on any atom is -0.454 e. The maximum absolute atomic E-state index is 14.5. The zero-order valence-electron chi connectivity index (χ0n) is 19.0. The van der Waals surface area contributed by atoms with Crippen LogP contribution >= 0.6 is 0 Å². The Kier molecular flexibility index (Phi) is 5.40. The maximum Gasteiger partial charge on any atom is 0.326 e. The van der Waals surface area contributed by atoms with E-state index in [1.807, 2.05) is 9.80 Å². The lowest BCUT2D eigenvalue weighted by molar-refractivity contribution is -0.132. The number of ether oxygens (including phenoxy) is 2. The van der Waals surface area contributed by atoms with Crippen LogP contribution in [-0.4, -0.2) is 67.2 Å². The summed E-state index contributed by atoms with van der Waals surface area (Å²) in [5.41, 5.74) is 0.187. The van der Waals surface area contributed by atoms with Crippen molar-refractivity contribution in [3.63, 3.8) is 0 Å². The molecule has 3 heterocycles. The largest absolute Gasteiger partial charge is 0.454 e. The first kappa shape index (κ1) is 22.1. The maximum atomic E-state index is 14.5. The van der Waals surface area contributed by atoms with Crippen LogP contribution in [0, 0.1) is 5.82 Å². The Labute approximate surface area is 196 Å². The summed E-state index contributed by atoms with van der Waals surface area (Å²) < 4.78 is 25.3. The number of ketones is 1. The highest BCUT2D eigenvalue weighted by Gasteiger charge is 2.49. The van der Waals surface area contributed by atoms with Crippen molar-refractivity contribution in [1.29, 1.82) is 0 Å². The zero-order valence-corrected chi connectivity index (χ0v) is 19.0. The van der Waals surface area contributed by atoms with Gasteiger partial charge < -0.3 is 19.7 Å². The molecule has 3 aliphatic heterocycles. The van der Waals surface area contributed by atoms with Crippen LogP contribution in [0.5, 0.6) is 11.5 Å². The number of nitrogens with zero attached hydrogens (tertiary/aromatic N) is 3. The van der Waals surface area contributed by atoms with Gasteiger partial charge in [0, 0.05) is 31.7 Å². The number of hydrogen-bond acceptors (Lipinski definition) is 7. The SMILES string of the molecule is CC(=O)c1ccc(N2CCN(CN3C(=O)N[C@@](C)(c4ccc5c(c4)OCO5)C3=O)CC2)c(F)c1. The van der Waals surface area contributed by atoms with Crippen LogP contribution in [0.1, 0.15) is 29.8 Å². The smallest absolute Gasteiger partial charge is 0.326 e. The molecule has 0 spiro atoms. The number of urea groups is 1. The summed E-state index contributed by atoms with van der Waals surface area (Å²) in [7, 11) is 0. The molecular weight excluding hydrogens is 443 g/mol. The van der Waals surface area contributed by atoms with E-state index in [4.69, 9.17) is 9.47 Å². The molecule has 5 rings (SSSR count). The molecule has 178 valence electrons. The van der Waals surface area contributed by atoms with Gasteiger partial charge in [-0.15, -0.1) is 0 Å².